The van der Waals surface area contributed by atoms with E-state index in [9.17, 15) is 8.78 Å². The summed E-state index contributed by atoms with van der Waals surface area (Å²) in [5.74, 6) is -0.991. The first kappa shape index (κ1) is 15.9. The summed E-state index contributed by atoms with van der Waals surface area (Å²) in [5.41, 5.74) is -0.0114. The van der Waals surface area contributed by atoms with Gasteiger partial charge < -0.3 is 10.1 Å². The van der Waals surface area contributed by atoms with Gasteiger partial charge in [-0.2, -0.15) is 0 Å². The van der Waals surface area contributed by atoms with Crippen molar-refractivity contribution < 1.29 is 13.5 Å². The summed E-state index contributed by atoms with van der Waals surface area (Å²) in [7, 11) is 0. The highest BCUT2D eigenvalue weighted by Crippen LogP contribution is 2.18. The molecule has 0 saturated heterocycles. The first-order chi connectivity index (χ1) is 8.80. The molecule has 4 heteroatoms. The summed E-state index contributed by atoms with van der Waals surface area (Å²) in [6.45, 7) is 8.91. The summed E-state index contributed by atoms with van der Waals surface area (Å²) >= 11 is 0. The Labute approximate surface area is 114 Å². The number of hydrogen-bond donors (Lipinski definition) is 1. The standard InChI is InChI=1S/C15H23F2NO/c1-5-6-13(10-18-15(2,3)4)19-14-8-11(16)7-12(17)9-14/h7-9,13,18H,5-6,10H2,1-4H3. The molecule has 0 aliphatic rings. The van der Waals surface area contributed by atoms with Crippen LogP contribution in [0.2, 0.25) is 0 Å². The van der Waals surface area contributed by atoms with Crippen molar-refractivity contribution in [2.45, 2.75) is 52.2 Å². The molecule has 0 radical (unpaired) electrons. The molecule has 1 atom stereocenters. The van der Waals surface area contributed by atoms with Crippen LogP contribution in [-0.4, -0.2) is 18.2 Å². The Hall–Kier alpha value is -1.16. The molecule has 0 aromatic heterocycles. The van der Waals surface area contributed by atoms with E-state index in [1.54, 1.807) is 0 Å². The fourth-order valence-corrected chi connectivity index (χ4v) is 1.73. The zero-order chi connectivity index (χ0) is 14.5. The number of halogens is 2. The quantitative estimate of drug-likeness (QED) is 0.847. The van der Waals surface area contributed by atoms with E-state index < -0.39 is 11.6 Å². The number of hydrogen-bond acceptors (Lipinski definition) is 2. The van der Waals surface area contributed by atoms with Crippen LogP contribution in [0.5, 0.6) is 5.75 Å². The van der Waals surface area contributed by atoms with Crippen LogP contribution in [0.3, 0.4) is 0 Å². The molecule has 0 fully saturated rings. The highest BCUT2D eigenvalue weighted by atomic mass is 19.1. The van der Waals surface area contributed by atoms with E-state index in [2.05, 4.69) is 33.0 Å². The van der Waals surface area contributed by atoms with Gasteiger partial charge >= 0.3 is 0 Å². The normalized spacial score (nSPS) is 13.4. The molecule has 108 valence electrons. The number of ether oxygens (including phenoxy) is 1. The molecule has 2 nitrogen and oxygen atoms in total. The van der Waals surface area contributed by atoms with E-state index in [1.807, 2.05) is 0 Å². The summed E-state index contributed by atoms with van der Waals surface area (Å²) in [4.78, 5) is 0. The van der Waals surface area contributed by atoms with Gasteiger partial charge in [0.25, 0.3) is 0 Å². The van der Waals surface area contributed by atoms with Gasteiger partial charge in [-0.1, -0.05) is 13.3 Å². The summed E-state index contributed by atoms with van der Waals surface area (Å²) in [6.07, 6.45) is 1.70. The summed E-state index contributed by atoms with van der Waals surface area (Å²) in [6, 6.07) is 3.26. The van der Waals surface area contributed by atoms with Crippen molar-refractivity contribution in [3.05, 3.63) is 29.8 Å². The molecule has 1 unspecified atom stereocenters. The summed E-state index contributed by atoms with van der Waals surface area (Å²) < 4.78 is 31.9. The lowest BCUT2D eigenvalue weighted by molar-refractivity contribution is 0.173. The fourth-order valence-electron chi connectivity index (χ4n) is 1.73. The van der Waals surface area contributed by atoms with Crippen LogP contribution in [0.25, 0.3) is 0 Å². The van der Waals surface area contributed by atoms with Gasteiger partial charge in [0.15, 0.2) is 0 Å². The average Bonchev–Trinajstić information content (AvgIpc) is 2.23. The van der Waals surface area contributed by atoms with Gasteiger partial charge in [-0.15, -0.1) is 0 Å². The number of benzene rings is 1. The highest BCUT2D eigenvalue weighted by molar-refractivity contribution is 5.24. The van der Waals surface area contributed by atoms with Gasteiger partial charge in [0, 0.05) is 30.3 Å². The molecule has 19 heavy (non-hydrogen) atoms. The Balaban J connectivity index is 2.66. The third-order valence-electron chi connectivity index (χ3n) is 2.61. The predicted molar refractivity (Wildman–Crippen MR) is 73.4 cm³/mol. The molecule has 1 N–H and O–H groups in total. The molecule has 0 saturated carbocycles. The molecule has 1 aromatic carbocycles. The Morgan fingerprint density at radius 2 is 1.74 bits per heavy atom. The van der Waals surface area contributed by atoms with Gasteiger partial charge in [-0.25, -0.2) is 8.78 Å². The molecule has 1 aromatic rings. The Morgan fingerprint density at radius 1 is 1.16 bits per heavy atom. The monoisotopic (exact) mass is 271 g/mol. The van der Waals surface area contributed by atoms with E-state index in [0.29, 0.717) is 6.54 Å². The molecule has 0 spiro atoms. The third-order valence-corrected chi connectivity index (χ3v) is 2.61. The van der Waals surface area contributed by atoms with Crippen LogP contribution in [-0.2, 0) is 0 Å². The van der Waals surface area contributed by atoms with E-state index in [-0.39, 0.29) is 17.4 Å². The van der Waals surface area contributed by atoms with Crippen molar-refractivity contribution in [3.63, 3.8) is 0 Å². The van der Waals surface area contributed by atoms with Crippen molar-refractivity contribution in [2.75, 3.05) is 6.54 Å². The predicted octanol–water partition coefficient (Wildman–Crippen LogP) is 3.90. The molecule has 0 amide bonds. The molecule has 0 heterocycles. The smallest absolute Gasteiger partial charge is 0.129 e. The van der Waals surface area contributed by atoms with Crippen LogP contribution in [0.1, 0.15) is 40.5 Å². The minimum absolute atomic E-state index is 0.0114. The van der Waals surface area contributed by atoms with Crippen LogP contribution in [0.4, 0.5) is 8.78 Å². The number of nitrogens with one attached hydrogen (secondary N) is 1. The van der Waals surface area contributed by atoms with Crippen molar-refractivity contribution in [3.8, 4) is 5.75 Å². The average molecular weight is 271 g/mol. The maximum atomic E-state index is 13.1. The topological polar surface area (TPSA) is 21.3 Å². The Kier molecular flexibility index (Phi) is 5.73. The maximum absolute atomic E-state index is 13.1. The Morgan fingerprint density at radius 3 is 2.21 bits per heavy atom. The molecular formula is C15H23F2NO. The highest BCUT2D eigenvalue weighted by Gasteiger charge is 2.15. The first-order valence-corrected chi connectivity index (χ1v) is 6.68. The van der Waals surface area contributed by atoms with E-state index in [1.165, 1.54) is 12.1 Å². The van der Waals surface area contributed by atoms with Crippen LogP contribution < -0.4 is 10.1 Å². The molecular weight excluding hydrogens is 248 g/mol. The SMILES string of the molecule is CCCC(CNC(C)(C)C)Oc1cc(F)cc(F)c1. The van der Waals surface area contributed by atoms with Crippen molar-refractivity contribution in [1.29, 1.82) is 0 Å². The van der Waals surface area contributed by atoms with Gasteiger partial charge in [-0.05, 0) is 27.2 Å². The van der Waals surface area contributed by atoms with E-state index in [4.69, 9.17) is 4.74 Å². The largest absolute Gasteiger partial charge is 0.489 e. The maximum Gasteiger partial charge on any atom is 0.129 e. The van der Waals surface area contributed by atoms with Gasteiger partial charge in [0.05, 0.1) is 0 Å². The van der Waals surface area contributed by atoms with Crippen molar-refractivity contribution in [2.24, 2.45) is 0 Å². The summed E-state index contributed by atoms with van der Waals surface area (Å²) in [5, 5.41) is 3.34. The first-order valence-electron chi connectivity index (χ1n) is 6.68. The van der Waals surface area contributed by atoms with Crippen LogP contribution >= 0.6 is 0 Å². The third kappa shape index (κ3) is 6.53. The lowest BCUT2D eigenvalue weighted by atomic mass is 10.1. The van der Waals surface area contributed by atoms with Crippen LogP contribution in [0, 0.1) is 11.6 Å². The zero-order valence-corrected chi connectivity index (χ0v) is 12.1. The van der Waals surface area contributed by atoms with Crippen LogP contribution in [0.15, 0.2) is 18.2 Å². The lowest BCUT2D eigenvalue weighted by Gasteiger charge is -2.26. The lowest BCUT2D eigenvalue weighted by Crippen LogP contribution is -2.42. The zero-order valence-electron chi connectivity index (χ0n) is 12.1. The van der Waals surface area contributed by atoms with E-state index >= 15 is 0 Å². The second-order valence-electron chi connectivity index (χ2n) is 5.76. The second kappa shape index (κ2) is 6.85. The second-order valence-corrected chi connectivity index (χ2v) is 5.76. The molecule has 0 bridgehead atoms. The number of rotatable bonds is 6. The minimum Gasteiger partial charge on any atom is -0.489 e. The van der Waals surface area contributed by atoms with Crippen molar-refractivity contribution in [1.82, 2.24) is 5.32 Å². The Bertz CT molecular complexity index is 381. The molecule has 1 rings (SSSR count). The van der Waals surface area contributed by atoms with Crippen molar-refractivity contribution >= 4 is 0 Å². The van der Waals surface area contributed by atoms with Gasteiger partial charge in [0.2, 0.25) is 0 Å². The van der Waals surface area contributed by atoms with E-state index in [0.717, 1.165) is 18.9 Å². The molecule has 0 aliphatic heterocycles. The van der Waals surface area contributed by atoms with Gasteiger partial charge in [-0.3, -0.25) is 0 Å². The molecule has 0 aliphatic carbocycles. The minimum atomic E-state index is -0.617. The van der Waals surface area contributed by atoms with Gasteiger partial charge in [0.1, 0.15) is 23.5 Å². The fraction of sp³-hybridized carbons (Fsp3) is 0.600.